The molecule has 1 aromatic carbocycles. The maximum atomic E-state index is 12.5. The third-order valence-corrected chi connectivity index (χ3v) is 4.53. The van der Waals surface area contributed by atoms with Gasteiger partial charge in [0.1, 0.15) is 5.78 Å². The molecular formula is C22H32N2O. The predicted octanol–water partition coefficient (Wildman–Crippen LogP) is 4.87. The number of aryl methyl sites for hydroxylation is 1. The van der Waals surface area contributed by atoms with E-state index in [-0.39, 0.29) is 11.7 Å². The Morgan fingerprint density at radius 3 is 2.20 bits per heavy atom. The number of ketones is 1. The van der Waals surface area contributed by atoms with Crippen molar-refractivity contribution in [2.24, 2.45) is 17.6 Å². The van der Waals surface area contributed by atoms with Gasteiger partial charge in [0.25, 0.3) is 0 Å². The average Bonchev–Trinajstić information content (AvgIpc) is 2.53. The van der Waals surface area contributed by atoms with Crippen molar-refractivity contribution in [1.29, 1.82) is 0 Å². The lowest BCUT2D eigenvalue weighted by molar-refractivity contribution is -0.120. The molecule has 2 atom stereocenters. The van der Waals surface area contributed by atoms with Crippen molar-refractivity contribution in [3.8, 4) is 0 Å². The number of nitrogens with two attached hydrogens (primary N) is 1. The van der Waals surface area contributed by atoms with Crippen molar-refractivity contribution < 1.29 is 4.79 Å². The molecule has 0 unspecified atom stereocenters. The Hall–Kier alpha value is -2.13. The van der Waals surface area contributed by atoms with E-state index in [2.05, 4.69) is 31.5 Å². The van der Waals surface area contributed by atoms with Crippen LogP contribution < -0.4 is 11.1 Å². The van der Waals surface area contributed by atoms with Crippen LogP contribution in [0.15, 0.2) is 59.8 Å². The zero-order chi connectivity index (χ0) is 19.1. The van der Waals surface area contributed by atoms with Gasteiger partial charge in [0.05, 0.1) is 5.92 Å². The molecule has 1 aromatic rings. The fourth-order valence-corrected chi connectivity index (χ4v) is 3.51. The average molecular weight is 341 g/mol. The lowest BCUT2D eigenvalue weighted by Crippen LogP contribution is -2.34. The molecule has 3 nitrogen and oxygen atoms in total. The summed E-state index contributed by atoms with van der Waals surface area (Å²) >= 11 is 0. The molecule has 136 valence electrons. The quantitative estimate of drug-likeness (QED) is 0.631. The summed E-state index contributed by atoms with van der Waals surface area (Å²) in [5, 5.41) is 3.37. The van der Waals surface area contributed by atoms with Gasteiger partial charge in [0.2, 0.25) is 0 Å². The second-order valence-electron chi connectivity index (χ2n) is 6.79. The molecule has 0 aliphatic rings. The summed E-state index contributed by atoms with van der Waals surface area (Å²) in [6.45, 7) is 18.4. The van der Waals surface area contributed by atoms with E-state index in [1.165, 1.54) is 5.56 Å². The molecular weight excluding hydrogens is 308 g/mol. The SMILES string of the molecule is C=C(C)C(=C(C)C)[C@@H](CN)[C@@H](C(=C)Nc1ccccc1CC)C(C)=O. The number of carbonyl (C=O) groups is 1. The molecule has 0 radical (unpaired) electrons. The largest absolute Gasteiger partial charge is 0.359 e. The summed E-state index contributed by atoms with van der Waals surface area (Å²) in [6.07, 6.45) is 0.909. The summed E-state index contributed by atoms with van der Waals surface area (Å²) in [7, 11) is 0. The predicted molar refractivity (Wildman–Crippen MR) is 108 cm³/mol. The Kier molecular flexibility index (Phi) is 7.85. The molecule has 3 heteroatoms. The van der Waals surface area contributed by atoms with E-state index >= 15 is 0 Å². The van der Waals surface area contributed by atoms with Crippen molar-refractivity contribution in [2.45, 2.75) is 41.0 Å². The smallest absolute Gasteiger partial charge is 0.139 e. The summed E-state index contributed by atoms with van der Waals surface area (Å²) in [5.74, 6) is -0.466. The van der Waals surface area contributed by atoms with Crippen LogP contribution in [0.4, 0.5) is 5.69 Å². The number of carbonyl (C=O) groups excluding carboxylic acids is 1. The maximum absolute atomic E-state index is 12.5. The highest BCUT2D eigenvalue weighted by Gasteiger charge is 2.31. The minimum Gasteiger partial charge on any atom is -0.359 e. The van der Waals surface area contributed by atoms with Gasteiger partial charge in [-0.25, -0.2) is 0 Å². The zero-order valence-corrected chi connectivity index (χ0v) is 16.3. The Bertz CT molecular complexity index is 681. The standard InChI is InChI=1S/C22H32N2O/c1-8-18-11-9-10-12-20(18)24-16(6)22(17(7)25)19(13-23)21(14(2)3)15(4)5/h9-12,19,22,24H,2,6,8,13,23H2,1,3-5,7H3/t19-,22+/m1/s1. The van der Waals surface area contributed by atoms with Crippen LogP contribution in [-0.2, 0) is 11.2 Å². The van der Waals surface area contributed by atoms with Gasteiger partial charge < -0.3 is 11.1 Å². The topological polar surface area (TPSA) is 55.1 Å². The maximum Gasteiger partial charge on any atom is 0.139 e. The zero-order valence-electron chi connectivity index (χ0n) is 16.3. The lowest BCUT2D eigenvalue weighted by Gasteiger charge is -2.30. The minimum atomic E-state index is -0.392. The van der Waals surface area contributed by atoms with Crippen LogP contribution in [0, 0.1) is 11.8 Å². The molecule has 0 heterocycles. The monoisotopic (exact) mass is 340 g/mol. The van der Waals surface area contributed by atoms with Crippen molar-refractivity contribution >= 4 is 11.5 Å². The molecule has 0 amide bonds. The fourth-order valence-electron chi connectivity index (χ4n) is 3.51. The Morgan fingerprint density at radius 2 is 1.76 bits per heavy atom. The van der Waals surface area contributed by atoms with Gasteiger partial charge in [0.15, 0.2) is 0 Å². The van der Waals surface area contributed by atoms with Gasteiger partial charge in [0, 0.05) is 23.8 Å². The van der Waals surface area contributed by atoms with Crippen molar-refractivity contribution in [3.05, 3.63) is 65.4 Å². The van der Waals surface area contributed by atoms with Gasteiger partial charge >= 0.3 is 0 Å². The molecule has 0 bridgehead atoms. The van der Waals surface area contributed by atoms with Crippen LogP contribution in [0.25, 0.3) is 0 Å². The first-order valence-electron chi connectivity index (χ1n) is 8.82. The van der Waals surface area contributed by atoms with Crippen LogP contribution in [-0.4, -0.2) is 12.3 Å². The highest BCUT2D eigenvalue weighted by atomic mass is 16.1. The Labute approximate surface area is 152 Å². The number of nitrogens with one attached hydrogen (secondary N) is 1. The second-order valence-corrected chi connectivity index (χ2v) is 6.79. The van der Waals surface area contributed by atoms with Crippen LogP contribution in [0.5, 0.6) is 0 Å². The summed E-state index contributed by atoms with van der Waals surface area (Å²) in [4.78, 5) is 12.5. The van der Waals surface area contributed by atoms with E-state index in [0.717, 1.165) is 28.8 Å². The second kappa shape index (κ2) is 9.38. The summed E-state index contributed by atoms with van der Waals surface area (Å²) in [5.41, 5.74) is 12.1. The van der Waals surface area contributed by atoms with Crippen LogP contribution in [0.2, 0.25) is 0 Å². The number of anilines is 1. The Balaban J connectivity index is 3.25. The first kappa shape index (κ1) is 20.9. The van der Waals surface area contributed by atoms with E-state index in [0.29, 0.717) is 12.2 Å². The molecule has 0 aliphatic heterocycles. The van der Waals surface area contributed by atoms with Gasteiger partial charge in [-0.1, -0.05) is 49.4 Å². The molecule has 0 aliphatic carbocycles. The summed E-state index contributed by atoms with van der Waals surface area (Å²) < 4.78 is 0. The number of hydrogen-bond acceptors (Lipinski definition) is 3. The number of allylic oxidation sites excluding steroid dienone is 3. The third kappa shape index (κ3) is 5.17. The molecule has 1 rings (SSSR count). The van der Waals surface area contributed by atoms with Crippen molar-refractivity contribution in [3.63, 3.8) is 0 Å². The summed E-state index contributed by atoms with van der Waals surface area (Å²) in [6, 6.07) is 8.08. The number of hydrogen-bond donors (Lipinski definition) is 2. The fraction of sp³-hybridized carbons (Fsp3) is 0.409. The van der Waals surface area contributed by atoms with E-state index < -0.39 is 5.92 Å². The van der Waals surface area contributed by atoms with Crippen LogP contribution in [0.3, 0.4) is 0 Å². The van der Waals surface area contributed by atoms with Crippen molar-refractivity contribution in [2.75, 3.05) is 11.9 Å². The highest BCUT2D eigenvalue weighted by molar-refractivity contribution is 5.83. The van der Waals surface area contributed by atoms with Gasteiger partial charge in [-0.15, -0.1) is 0 Å². The first-order chi connectivity index (χ1) is 11.7. The van der Waals surface area contributed by atoms with Crippen LogP contribution >= 0.6 is 0 Å². The number of benzene rings is 1. The van der Waals surface area contributed by atoms with E-state index in [4.69, 9.17) is 5.73 Å². The molecule has 25 heavy (non-hydrogen) atoms. The van der Waals surface area contributed by atoms with Gasteiger partial charge in [-0.05, 0) is 51.3 Å². The molecule has 0 saturated carbocycles. The highest BCUT2D eigenvalue weighted by Crippen LogP contribution is 2.33. The van der Waals surface area contributed by atoms with Crippen molar-refractivity contribution in [1.82, 2.24) is 0 Å². The van der Waals surface area contributed by atoms with E-state index in [1.807, 2.05) is 39.0 Å². The van der Waals surface area contributed by atoms with Crippen LogP contribution in [0.1, 0.15) is 40.2 Å². The number of para-hydroxylation sites is 1. The Morgan fingerprint density at radius 1 is 1.16 bits per heavy atom. The van der Waals surface area contributed by atoms with Gasteiger partial charge in [-0.3, -0.25) is 4.79 Å². The van der Waals surface area contributed by atoms with Gasteiger partial charge in [-0.2, -0.15) is 0 Å². The minimum absolute atomic E-state index is 0.0573. The number of rotatable bonds is 9. The third-order valence-electron chi connectivity index (χ3n) is 4.53. The molecule has 0 spiro atoms. The molecule has 3 N–H and O–H groups in total. The normalized spacial score (nSPS) is 12.9. The lowest BCUT2D eigenvalue weighted by atomic mass is 9.77. The first-order valence-corrected chi connectivity index (χ1v) is 8.82. The molecule has 0 saturated heterocycles. The molecule has 0 aromatic heterocycles. The van der Waals surface area contributed by atoms with E-state index in [9.17, 15) is 4.79 Å². The van der Waals surface area contributed by atoms with E-state index in [1.54, 1.807) is 6.92 Å². The molecule has 0 fully saturated rings. The number of Topliss-reactive ketones (excluding diaryl/α,β-unsaturated/α-hetero) is 1.